The van der Waals surface area contributed by atoms with Crippen molar-refractivity contribution in [3.05, 3.63) is 68.9 Å². The van der Waals surface area contributed by atoms with Crippen LogP contribution < -0.4 is 5.32 Å². The summed E-state index contributed by atoms with van der Waals surface area (Å²) in [6, 6.07) is 12.5. The van der Waals surface area contributed by atoms with E-state index in [0.717, 1.165) is 11.4 Å². The molecule has 0 fully saturated rings. The number of thioether (sulfide) groups is 1. The molecule has 1 aromatic heterocycles. The number of hydrogen-bond acceptors (Lipinski definition) is 4. The van der Waals surface area contributed by atoms with Gasteiger partial charge in [0.25, 0.3) is 0 Å². The van der Waals surface area contributed by atoms with Crippen LogP contribution in [-0.4, -0.2) is 26.4 Å². The predicted molar refractivity (Wildman–Crippen MR) is 116 cm³/mol. The van der Waals surface area contributed by atoms with Crippen molar-refractivity contribution in [2.45, 2.75) is 25.0 Å². The van der Waals surface area contributed by atoms with E-state index in [1.807, 2.05) is 35.8 Å². The Labute approximate surface area is 182 Å². The molecule has 0 aliphatic carbocycles. The number of halogens is 3. The van der Waals surface area contributed by atoms with Gasteiger partial charge in [-0.15, -0.1) is 10.2 Å². The van der Waals surface area contributed by atoms with Gasteiger partial charge < -0.3 is 9.88 Å². The SMILES string of the molecule is CCn1c(Cc2ccc(Cl)cc2)nnc1SCC(=O)Nc1cc(Cl)cc(Cl)c1. The quantitative estimate of drug-likeness (QED) is 0.472. The summed E-state index contributed by atoms with van der Waals surface area (Å²) < 4.78 is 2.00. The van der Waals surface area contributed by atoms with Crippen LogP contribution >= 0.6 is 46.6 Å². The normalized spacial score (nSPS) is 10.9. The molecule has 5 nitrogen and oxygen atoms in total. The van der Waals surface area contributed by atoms with E-state index in [4.69, 9.17) is 34.8 Å². The van der Waals surface area contributed by atoms with Gasteiger partial charge in [0.1, 0.15) is 5.82 Å². The highest BCUT2D eigenvalue weighted by molar-refractivity contribution is 7.99. The molecule has 0 atom stereocenters. The first-order chi connectivity index (χ1) is 13.4. The van der Waals surface area contributed by atoms with Crippen LogP contribution in [0.1, 0.15) is 18.3 Å². The lowest BCUT2D eigenvalue weighted by molar-refractivity contribution is -0.113. The van der Waals surface area contributed by atoms with E-state index >= 15 is 0 Å². The van der Waals surface area contributed by atoms with Gasteiger partial charge in [-0.1, -0.05) is 58.7 Å². The van der Waals surface area contributed by atoms with Crippen LogP contribution in [-0.2, 0) is 17.8 Å². The van der Waals surface area contributed by atoms with Gasteiger partial charge in [-0.2, -0.15) is 0 Å². The summed E-state index contributed by atoms with van der Waals surface area (Å²) in [7, 11) is 0. The minimum Gasteiger partial charge on any atom is -0.325 e. The molecule has 9 heteroatoms. The van der Waals surface area contributed by atoms with Crippen LogP contribution in [0.25, 0.3) is 0 Å². The predicted octanol–water partition coefficient (Wildman–Crippen LogP) is 5.58. The van der Waals surface area contributed by atoms with Crippen LogP contribution in [0.2, 0.25) is 15.1 Å². The van der Waals surface area contributed by atoms with Crippen molar-refractivity contribution in [3.63, 3.8) is 0 Å². The van der Waals surface area contributed by atoms with E-state index in [1.54, 1.807) is 18.2 Å². The Morgan fingerprint density at radius 3 is 2.36 bits per heavy atom. The van der Waals surface area contributed by atoms with Gasteiger partial charge in [-0.3, -0.25) is 4.79 Å². The van der Waals surface area contributed by atoms with E-state index in [2.05, 4.69) is 15.5 Å². The van der Waals surface area contributed by atoms with E-state index in [0.29, 0.717) is 38.9 Å². The highest BCUT2D eigenvalue weighted by Crippen LogP contribution is 2.24. The molecule has 0 saturated carbocycles. The van der Waals surface area contributed by atoms with E-state index in [-0.39, 0.29) is 11.7 Å². The topological polar surface area (TPSA) is 59.8 Å². The minimum absolute atomic E-state index is 0.173. The largest absolute Gasteiger partial charge is 0.325 e. The molecule has 0 saturated heterocycles. The first kappa shape index (κ1) is 21.0. The molecule has 0 radical (unpaired) electrons. The zero-order valence-electron chi connectivity index (χ0n) is 15.0. The molecule has 0 aliphatic heterocycles. The molecule has 0 unspecified atom stereocenters. The molecule has 3 rings (SSSR count). The number of carbonyl (C=O) groups is 1. The Balaban J connectivity index is 1.63. The van der Waals surface area contributed by atoms with Gasteiger partial charge in [0.2, 0.25) is 5.91 Å². The number of carbonyl (C=O) groups excluding carboxylic acids is 1. The van der Waals surface area contributed by atoms with Gasteiger partial charge in [-0.05, 0) is 42.8 Å². The number of aromatic nitrogens is 3. The maximum atomic E-state index is 12.2. The molecule has 0 aliphatic rings. The lowest BCUT2D eigenvalue weighted by Crippen LogP contribution is -2.14. The molecule has 1 N–H and O–H groups in total. The number of rotatable bonds is 7. The summed E-state index contributed by atoms with van der Waals surface area (Å²) in [6.07, 6.45) is 0.645. The molecule has 1 amide bonds. The van der Waals surface area contributed by atoms with Crippen LogP contribution in [0.3, 0.4) is 0 Å². The van der Waals surface area contributed by atoms with Crippen molar-refractivity contribution in [3.8, 4) is 0 Å². The Morgan fingerprint density at radius 2 is 1.71 bits per heavy atom. The molecule has 3 aromatic rings. The lowest BCUT2D eigenvalue weighted by Gasteiger charge is -2.08. The van der Waals surface area contributed by atoms with Crippen LogP contribution in [0, 0.1) is 0 Å². The van der Waals surface area contributed by atoms with Crippen molar-refractivity contribution >= 4 is 58.2 Å². The van der Waals surface area contributed by atoms with Gasteiger partial charge in [0, 0.05) is 33.7 Å². The number of nitrogens with one attached hydrogen (secondary N) is 1. The third kappa shape index (κ3) is 5.64. The summed E-state index contributed by atoms with van der Waals surface area (Å²) >= 11 is 19.2. The number of benzene rings is 2. The lowest BCUT2D eigenvalue weighted by atomic mass is 10.1. The van der Waals surface area contributed by atoms with Crippen molar-refractivity contribution in [2.75, 3.05) is 11.1 Å². The van der Waals surface area contributed by atoms with Crippen LogP contribution in [0.5, 0.6) is 0 Å². The average Bonchev–Trinajstić information content (AvgIpc) is 3.02. The Hall–Kier alpha value is -1.73. The monoisotopic (exact) mass is 454 g/mol. The molecule has 28 heavy (non-hydrogen) atoms. The van der Waals surface area contributed by atoms with Crippen molar-refractivity contribution in [1.29, 1.82) is 0 Å². The first-order valence-corrected chi connectivity index (χ1v) is 10.6. The first-order valence-electron chi connectivity index (χ1n) is 8.50. The van der Waals surface area contributed by atoms with Crippen molar-refractivity contribution in [1.82, 2.24) is 14.8 Å². The number of nitrogens with zero attached hydrogens (tertiary/aromatic N) is 3. The minimum atomic E-state index is -0.173. The average molecular weight is 456 g/mol. The van der Waals surface area contributed by atoms with E-state index in [1.165, 1.54) is 11.8 Å². The van der Waals surface area contributed by atoms with Gasteiger partial charge in [0.15, 0.2) is 5.16 Å². The molecule has 0 bridgehead atoms. The van der Waals surface area contributed by atoms with Crippen LogP contribution in [0.4, 0.5) is 5.69 Å². The third-order valence-electron chi connectivity index (χ3n) is 3.86. The Morgan fingerprint density at radius 1 is 1.04 bits per heavy atom. The summed E-state index contributed by atoms with van der Waals surface area (Å²) in [4.78, 5) is 12.2. The Bertz CT molecular complexity index is 956. The summed E-state index contributed by atoms with van der Waals surface area (Å²) in [6.45, 7) is 2.73. The van der Waals surface area contributed by atoms with Gasteiger partial charge in [0.05, 0.1) is 5.75 Å². The highest BCUT2D eigenvalue weighted by Gasteiger charge is 2.14. The third-order valence-corrected chi connectivity index (χ3v) is 5.52. The molecule has 146 valence electrons. The second-order valence-electron chi connectivity index (χ2n) is 5.94. The second-order valence-corrected chi connectivity index (χ2v) is 8.19. The van der Waals surface area contributed by atoms with Crippen LogP contribution in [0.15, 0.2) is 47.6 Å². The van der Waals surface area contributed by atoms with E-state index < -0.39 is 0 Å². The Kier molecular flexibility index (Phi) is 7.24. The van der Waals surface area contributed by atoms with Crippen molar-refractivity contribution < 1.29 is 4.79 Å². The standard InChI is InChI=1S/C19H17Cl3N4OS/c1-2-26-17(7-12-3-5-13(20)6-4-12)24-25-19(26)28-11-18(27)23-16-9-14(21)8-15(22)10-16/h3-6,8-10H,2,7,11H2,1H3,(H,23,27). The van der Waals surface area contributed by atoms with Gasteiger partial charge >= 0.3 is 0 Å². The maximum absolute atomic E-state index is 12.2. The summed E-state index contributed by atoms with van der Waals surface area (Å²) in [5.41, 5.74) is 1.65. The highest BCUT2D eigenvalue weighted by atomic mass is 35.5. The molecule has 2 aromatic carbocycles. The zero-order chi connectivity index (χ0) is 20.1. The number of anilines is 1. The molecular weight excluding hydrogens is 439 g/mol. The smallest absolute Gasteiger partial charge is 0.234 e. The zero-order valence-corrected chi connectivity index (χ0v) is 18.0. The fourth-order valence-corrected chi connectivity index (χ4v) is 4.09. The van der Waals surface area contributed by atoms with Crippen molar-refractivity contribution in [2.24, 2.45) is 0 Å². The molecule has 0 spiro atoms. The van der Waals surface area contributed by atoms with Gasteiger partial charge in [-0.25, -0.2) is 0 Å². The fourth-order valence-electron chi connectivity index (χ4n) is 2.61. The molecular formula is C19H17Cl3N4OS. The maximum Gasteiger partial charge on any atom is 0.234 e. The summed E-state index contributed by atoms with van der Waals surface area (Å²) in [5, 5.41) is 13.6. The van der Waals surface area contributed by atoms with E-state index in [9.17, 15) is 4.79 Å². The summed E-state index contributed by atoms with van der Waals surface area (Å²) in [5.74, 6) is 0.867. The molecule has 1 heterocycles. The number of amides is 1. The fraction of sp³-hybridized carbons (Fsp3) is 0.211. The number of hydrogen-bond donors (Lipinski definition) is 1. The second kappa shape index (κ2) is 9.65.